The van der Waals surface area contributed by atoms with Gasteiger partial charge in [-0.15, -0.1) is 0 Å². The first-order valence-corrected chi connectivity index (χ1v) is 9.07. The Kier molecular flexibility index (Phi) is 5.93. The number of nitrogens with zero attached hydrogens (tertiary/aromatic N) is 2. The molecule has 2 heterocycles. The van der Waals surface area contributed by atoms with Gasteiger partial charge in [-0.1, -0.05) is 6.07 Å². The third-order valence-corrected chi connectivity index (χ3v) is 4.59. The lowest BCUT2D eigenvalue weighted by Crippen LogP contribution is -2.22. The van der Waals surface area contributed by atoms with E-state index in [1.165, 1.54) is 31.9 Å². The summed E-state index contributed by atoms with van der Waals surface area (Å²) in [6, 6.07) is 10.1. The zero-order valence-electron chi connectivity index (χ0n) is 17.0. The first kappa shape index (κ1) is 20.7. The van der Waals surface area contributed by atoms with E-state index in [4.69, 9.17) is 18.9 Å². The molecule has 0 bridgehead atoms. The molecule has 3 rings (SSSR count). The number of hydrogen-bond donors (Lipinski definition) is 0. The minimum Gasteiger partial charge on any atom is -0.493 e. The zero-order chi connectivity index (χ0) is 21.8. The molecule has 0 atom stereocenters. The SMILES string of the molecule is CCOC(=O)c1c(-c2cc(OC)c(OC)c(OC)c2)c(C#N)c(=O)n2ccccc12. The van der Waals surface area contributed by atoms with Gasteiger partial charge < -0.3 is 18.9 Å². The maximum absolute atomic E-state index is 13.0. The summed E-state index contributed by atoms with van der Waals surface area (Å²) in [4.78, 5) is 25.9. The summed E-state index contributed by atoms with van der Waals surface area (Å²) in [5, 5.41) is 9.81. The van der Waals surface area contributed by atoms with E-state index in [0.717, 1.165) is 0 Å². The largest absolute Gasteiger partial charge is 0.493 e. The number of hydrogen-bond acceptors (Lipinski definition) is 7. The van der Waals surface area contributed by atoms with Crippen LogP contribution in [0, 0.1) is 11.3 Å². The van der Waals surface area contributed by atoms with Gasteiger partial charge in [-0.3, -0.25) is 9.20 Å². The number of aromatic nitrogens is 1. The van der Waals surface area contributed by atoms with Gasteiger partial charge in [0.2, 0.25) is 5.75 Å². The summed E-state index contributed by atoms with van der Waals surface area (Å²) >= 11 is 0. The molecule has 154 valence electrons. The summed E-state index contributed by atoms with van der Waals surface area (Å²) in [6.07, 6.45) is 1.50. The van der Waals surface area contributed by atoms with Gasteiger partial charge in [-0.05, 0) is 36.8 Å². The average molecular weight is 408 g/mol. The van der Waals surface area contributed by atoms with Crippen molar-refractivity contribution < 1.29 is 23.7 Å². The predicted molar refractivity (Wildman–Crippen MR) is 109 cm³/mol. The molecule has 2 aromatic heterocycles. The molecule has 0 unspecified atom stereocenters. The van der Waals surface area contributed by atoms with Crippen LogP contribution in [0.1, 0.15) is 22.8 Å². The molecule has 0 saturated heterocycles. The number of benzene rings is 1. The molecular formula is C22H20N2O6. The van der Waals surface area contributed by atoms with Gasteiger partial charge in [0.15, 0.2) is 11.5 Å². The first-order chi connectivity index (χ1) is 14.5. The molecule has 0 radical (unpaired) electrons. The van der Waals surface area contributed by atoms with Gasteiger partial charge in [0, 0.05) is 11.8 Å². The highest BCUT2D eigenvalue weighted by Crippen LogP contribution is 2.42. The highest BCUT2D eigenvalue weighted by atomic mass is 16.5. The minimum atomic E-state index is -0.651. The van der Waals surface area contributed by atoms with Gasteiger partial charge in [0.25, 0.3) is 5.56 Å². The molecule has 8 nitrogen and oxygen atoms in total. The lowest BCUT2D eigenvalue weighted by Gasteiger charge is -2.18. The summed E-state index contributed by atoms with van der Waals surface area (Å²) in [5.74, 6) is 0.330. The van der Waals surface area contributed by atoms with Crippen LogP contribution in [0.5, 0.6) is 17.2 Å². The van der Waals surface area contributed by atoms with Crippen molar-refractivity contribution in [1.29, 1.82) is 5.26 Å². The maximum atomic E-state index is 13.0. The molecule has 0 amide bonds. The Morgan fingerprint density at radius 2 is 1.77 bits per heavy atom. The Bertz CT molecular complexity index is 1200. The summed E-state index contributed by atoms with van der Waals surface area (Å²) < 4.78 is 22.6. The summed E-state index contributed by atoms with van der Waals surface area (Å²) in [5.41, 5.74) is 0.200. The molecule has 0 aliphatic carbocycles. The maximum Gasteiger partial charge on any atom is 0.340 e. The Labute approximate surface area is 172 Å². The molecular weight excluding hydrogens is 388 g/mol. The van der Waals surface area contributed by atoms with Gasteiger partial charge in [-0.2, -0.15) is 5.26 Å². The fourth-order valence-electron chi connectivity index (χ4n) is 3.33. The fourth-order valence-corrected chi connectivity index (χ4v) is 3.33. The van der Waals surface area contributed by atoms with E-state index < -0.39 is 11.5 Å². The molecule has 0 aliphatic rings. The lowest BCUT2D eigenvalue weighted by atomic mass is 9.94. The van der Waals surface area contributed by atoms with Crippen LogP contribution < -0.4 is 19.8 Å². The van der Waals surface area contributed by atoms with Crippen LogP contribution >= 0.6 is 0 Å². The van der Waals surface area contributed by atoms with E-state index in [2.05, 4.69) is 0 Å². The molecule has 8 heteroatoms. The molecule has 3 aromatic rings. The van der Waals surface area contributed by atoms with Crippen LogP contribution in [-0.2, 0) is 4.74 Å². The second-order valence-electron chi connectivity index (χ2n) is 6.13. The predicted octanol–water partition coefficient (Wildman–Crippen LogP) is 3.04. The molecule has 1 aromatic carbocycles. The topological polar surface area (TPSA) is 99.3 Å². The van der Waals surface area contributed by atoms with Crippen molar-refractivity contribution in [1.82, 2.24) is 4.40 Å². The third-order valence-electron chi connectivity index (χ3n) is 4.59. The monoisotopic (exact) mass is 408 g/mol. The van der Waals surface area contributed by atoms with Crippen molar-refractivity contribution in [3.63, 3.8) is 0 Å². The normalized spacial score (nSPS) is 10.4. The zero-order valence-corrected chi connectivity index (χ0v) is 17.0. The number of ether oxygens (including phenoxy) is 4. The number of carbonyl (C=O) groups excluding carboxylic acids is 1. The number of pyridine rings is 2. The molecule has 0 aliphatic heterocycles. The van der Waals surface area contributed by atoms with E-state index in [-0.39, 0.29) is 23.3 Å². The number of nitriles is 1. The third kappa shape index (κ3) is 3.31. The van der Waals surface area contributed by atoms with Crippen molar-refractivity contribution in [3.8, 4) is 34.4 Å². The van der Waals surface area contributed by atoms with Crippen LogP contribution in [0.15, 0.2) is 41.3 Å². The average Bonchev–Trinajstić information content (AvgIpc) is 2.77. The Morgan fingerprint density at radius 1 is 1.10 bits per heavy atom. The van der Waals surface area contributed by atoms with Crippen molar-refractivity contribution in [2.24, 2.45) is 0 Å². The molecule has 0 spiro atoms. The van der Waals surface area contributed by atoms with E-state index >= 15 is 0 Å². The van der Waals surface area contributed by atoms with E-state index in [0.29, 0.717) is 28.3 Å². The van der Waals surface area contributed by atoms with Gasteiger partial charge in [-0.25, -0.2) is 4.79 Å². The molecule has 30 heavy (non-hydrogen) atoms. The highest BCUT2D eigenvalue weighted by Gasteiger charge is 2.26. The Morgan fingerprint density at radius 3 is 2.30 bits per heavy atom. The summed E-state index contributed by atoms with van der Waals surface area (Å²) in [6.45, 7) is 1.81. The van der Waals surface area contributed by atoms with Crippen molar-refractivity contribution in [2.75, 3.05) is 27.9 Å². The van der Waals surface area contributed by atoms with Crippen LogP contribution in [0.4, 0.5) is 0 Å². The fraction of sp³-hybridized carbons (Fsp3) is 0.227. The smallest absolute Gasteiger partial charge is 0.340 e. The Hall–Kier alpha value is -3.99. The second kappa shape index (κ2) is 8.57. The number of methoxy groups -OCH3 is 3. The van der Waals surface area contributed by atoms with Gasteiger partial charge in [0.1, 0.15) is 11.6 Å². The van der Waals surface area contributed by atoms with E-state index in [1.54, 1.807) is 37.3 Å². The van der Waals surface area contributed by atoms with Gasteiger partial charge in [0.05, 0.1) is 39.0 Å². The molecule has 0 N–H and O–H groups in total. The summed E-state index contributed by atoms with van der Waals surface area (Å²) in [7, 11) is 4.37. The first-order valence-electron chi connectivity index (χ1n) is 9.07. The van der Waals surface area contributed by atoms with Crippen LogP contribution in [0.3, 0.4) is 0 Å². The van der Waals surface area contributed by atoms with E-state index in [9.17, 15) is 14.9 Å². The number of carbonyl (C=O) groups is 1. The standard InChI is InChI=1S/C22H20N2O6/c1-5-30-22(26)19-15-8-6-7-9-24(15)21(25)14(12-23)18(19)13-10-16(27-2)20(29-4)17(11-13)28-3/h6-11H,5H2,1-4H3. The van der Waals surface area contributed by atoms with Crippen LogP contribution in [0.25, 0.3) is 16.6 Å². The van der Waals surface area contributed by atoms with Crippen molar-refractivity contribution in [2.45, 2.75) is 6.92 Å². The van der Waals surface area contributed by atoms with Crippen molar-refractivity contribution >= 4 is 11.5 Å². The Balaban J connectivity index is 2.53. The number of fused-ring (bicyclic) bond motifs is 1. The lowest BCUT2D eigenvalue weighted by molar-refractivity contribution is 0.0529. The van der Waals surface area contributed by atoms with Crippen molar-refractivity contribution in [3.05, 3.63) is 58.0 Å². The highest BCUT2D eigenvalue weighted by molar-refractivity contribution is 6.05. The quantitative estimate of drug-likeness (QED) is 0.578. The number of esters is 1. The van der Waals surface area contributed by atoms with Gasteiger partial charge >= 0.3 is 5.97 Å². The second-order valence-corrected chi connectivity index (χ2v) is 6.13. The minimum absolute atomic E-state index is 0.0999. The van der Waals surface area contributed by atoms with E-state index in [1.807, 2.05) is 6.07 Å². The van der Waals surface area contributed by atoms with Crippen LogP contribution in [-0.4, -0.2) is 38.3 Å². The van der Waals surface area contributed by atoms with Crippen LogP contribution in [0.2, 0.25) is 0 Å². The molecule has 0 fully saturated rings. The number of rotatable bonds is 6. The molecule has 0 saturated carbocycles.